The fourth-order valence-corrected chi connectivity index (χ4v) is 8.18. The van der Waals surface area contributed by atoms with E-state index in [1.165, 1.54) is 36.5 Å². The number of piperidine rings is 1. The van der Waals surface area contributed by atoms with E-state index in [4.69, 9.17) is 9.72 Å². The number of benzene rings is 1. The highest BCUT2D eigenvalue weighted by atomic mass is 16.5. The normalized spacial score (nSPS) is 21.0. The number of pyridine rings is 1. The first-order valence-electron chi connectivity index (χ1n) is 18.6. The molecule has 1 aliphatic carbocycles. The number of piperazine rings is 1. The van der Waals surface area contributed by atoms with Gasteiger partial charge in [-0.2, -0.15) is 4.98 Å². The Bertz CT molecular complexity index is 1930. The van der Waals surface area contributed by atoms with Gasteiger partial charge in [0.25, 0.3) is 5.56 Å². The third-order valence-corrected chi connectivity index (χ3v) is 11.1. The standard InChI is InChI=1S/C39H51N9O4/c1-5-19-47-36(49)32-26-40-38(43-35(32)48(47)34-8-6-7-33(42-34)39(2,3)51)41-28-11-15-30(16-12-28)45-22-24-46(25-23-45)31-17-20-44(21-18-31)29-13-9-27(10-14-29)37(50)52-4/h5-8,11-12,15-16,26-27,29,31,51H,1,9-10,13-14,17-25H2,2-4H3,(H,40,41,43). The van der Waals surface area contributed by atoms with E-state index in [2.05, 4.69) is 48.7 Å². The molecule has 0 atom stereocenters. The predicted molar refractivity (Wildman–Crippen MR) is 202 cm³/mol. The van der Waals surface area contributed by atoms with Crippen molar-refractivity contribution < 1.29 is 14.6 Å². The molecule has 276 valence electrons. The third kappa shape index (κ3) is 7.48. The lowest BCUT2D eigenvalue weighted by Gasteiger charge is -2.45. The number of hydrogen-bond donors (Lipinski definition) is 2. The highest BCUT2D eigenvalue weighted by molar-refractivity contribution is 5.77. The summed E-state index contributed by atoms with van der Waals surface area (Å²) in [5, 5.41) is 14.3. The molecule has 13 nitrogen and oxygen atoms in total. The summed E-state index contributed by atoms with van der Waals surface area (Å²) in [6.07, 6.45) is 9.72. The topological polar surface area (TPSA) is 134 Å². The second-order valence-electron chi connectivity index (χ2n) is 14.8. The molecule has 0 amide bonds. The Hall–Kier alpha value is -4.59. The Morgan fingerprint density at radius 1 is 0.942 bits per heavy atom. The van der Waals surface area contributed by atoms with Crippen LogP contribution in [0.15, 0.2) is 66.1 Å². The van der Waals surface area contributed by atoms with Crippen molar-refractivity contribution >= 4 is 34.3 Å². The Morgan fingerprint density at radius 2 is 1.62 bits per heavy atom. The van der Waals surface area contributed by atoms with E-state index >= 15 is 0 Å². The second kappa shape index (κ2) is 15.2. The number of esters is 1. The summed E-state index contributed by atoms with van der Waals surface area (Å²) in [5.41, 5.74) is 1.51. The molecule has 0 radical (unpaired) electrons. The molecule has 1 saturated carbocycles. The van der Waals surface area contributed by atoms with Crippen LogP contribution < -0.4 is 15.8 Å². The Kier molecular flexibility index (Phi) is 10.4. The number of rotatable bonds is 10. The fourth-order valence-electron chi connectivity index (χ4n) is 8.18. The number of aliphatic hydroxyl groups is 1. The maximum atomic E-state index is 13.4. The summed E-state index contributed by atoms with van der Waals surface area (Å²) in [5.74, 6) is 0.868. The van der Waals surface area contributed by atoms with Crippen LogP contribution in [0.5, 0.6) is 0 Å². The van der Waals surface area contributed by atoms with E-state index < -0.39 is 5.60 Å². The molecule has 3 fully saturated rings. The molecule has 5 heterocycles. The first-order chi connectivity index (χ1) is 25.1. The van der Waals surface area contributed by atoms with Crippen molar-refractivity contribution in [3.05, 3.63) is 77.4 Å². The minimum atomic E-state index is -1.16. The van der Waals surface area contributed by atoms with E-state index in [-0.39, 0.29) is 24.0 Å². The van der Waals surface area contributed by atoms with Crippen molar-refractivity contribution in [3.63, 3.8) is 0 Å². The van der Waals surface area contributed by atoms with E-state index in [0.717, 1.165) is 70.6 Å². The molecule has 4 aromatic rings. The van der Waals surface area contributed by atoms with Crippen molar-refractivity contribution in [2.24, 2.45) is 5.92 Å². The zero-order chi connectivity index (χ0) is 36.4. The van der Waals surface area contributed by atoms with Crippen LogP contribution in [0.3, 0.4) is 0 Å². The maximum absolute atomic E-state index is 13.4. The van der Waals surface area contributed by atoms with E-state index in [1.54, 1.807) is 42.8 Å². The number of allylic oxidation sites excluding steroid dienone is 1. The van der Waals surface area contributed by atoms with Gasteiger partial charge in [-0.3, -0.25) is 14.5 Å². The second-order valence-corrected chi connectivity index (χ2v) is 14.8. The lowest BCUT2D eigenvalue weighted by molar-refractivity contribution is -0.147. The van der Waals surface area contributed by atoms with Gasteiger partial charge in [-0.15, -0.1) is 6.58 Å². The van der Waals surface area contributed by atoms with Gasteiger partial charge in [-0.25, -0.2) is 19.3 Å². The molecular weight excluding hydrogens is 658 g/mol. The highest BCUT2D eigenvalue weighted by Gasteiger charge is 2.34. The summed E-state index contributed by atoms with van der Waals surface area (Å²) in [7, 11) is 1.50. The number of nitrogens with one attached hydrogen (secondary N) is 1. The van der Waals surface area contributed by atoms with Crippen LogP contribution >= 0.6 is 0 Å². The van der Waals surface area contributed by atoms with Gasteiger partial charge in [0.1, 0.15) is 11.0 Å². The van der Waals surface area contributed by atoms with Crippen LogP contribution in [0.25, 0.3) is 16.9 Å². The molecule has 0 spiro atoms. The molecular formula is C39H51N9O4. The minimum absolute atomic E-state index is 0.0394. The van der Waals surface area contributed by atoms with Gasteiger partial charge < -0.3 is 25.0 Å². The summed E-state index contributed by atoms with van der Waals surface area (Å²) in [4.78, 5) is 47.0. The number of ether oxygens (including phenoxy) is 1. The largest absolute Gasteiger partial charge is 0.469 e. The SMILES string of the molecule is C=CCn1c(=O)c2cnc(Nc3ccc(N4CCN(C5CCN(C6CCC(C(=O)OC)CC6)CC5)CC4)cc3)nc2n1-c1cccc(C(C)(C)O)n1. The molecule has 1 aromatic carbocycles. The Morgan fingerprint density at radius 3 is 2.27 bits per heavy atom. The average molecular weight is 710 g/mol. The summed E-state index contributed by atoms with van der Waals surface area (Å²) >= 11 is 0. The third-order valence-electron chi connectivity index (χ3n) is 11.1. The smallest absolute Gasteiger partial charge is 0.308 e. The van der Waals surface area contributed by atoms with Gasteiger partial charge in [0.15, 0.2) is 11.5 Å². The van der Waals surface area contributed by atoms with Crippen LogP contribution in [0.4, 0.5) is 17.3 Å². The lowest BCUT2D eigenvalue weighted by Crippen LogP contribution is -2.54. The van der Waals surface area contributed by atoms with Gasteiger partial charge in [0.2, 0.25) is 5.95 Å². The van der Waals surface area contributed by atoms with Crippen LogP contribution in [-0.2, 0) is 21.7 Å². The number of nitrogens with zero attached hydrogens (tertiary/aromatic N) is 8. The molecule has 52 heavy (non-hydrogen) atoms. The molecule has 7 rings (SSSR count). The number of methoxy groups -OCH3 is 1. The quantitative estimate of drug-likeness (QED) is 0.179. The Labute approximate surface area is 304 Å². The number of fused-ring (bicyclic) bond motifs is 1. The van der Waals surface area contributed by atoms with Crippen molar-refractivity contribution in [1.82, 2.24) is 34.1 Å². The van der Waals surface area contributed by atoms with Crippen LogP contribution in [0.2, 0.25) is 0 Å². The van der Waals surface area contributed by atoms with E-state index in [0.29, 0.717) is 40.6 Å². The number of likely N-dealkylation sites (tertiary alicyclic amines) is 1. The van der Waals surface area contributed by atoms with E-state index in [1.807, 2.05) is 12.1 Å². The molecule has 2 N–H and O–H groups in total. The number of hydrogen-bond acceptors (Lipinski definition) is 11. The molecule has 2 saturated heterocycles. The van der Waals surface area contributed by atoms with E-state index in [9.17, 15) is 14.7 Å². The van der Waals surface area contributed by atoms with Gasteiger partial charge >= 0.3 is 5.97 Å². The zero-order valence-electron chi connectivity index (χ0n) is 30.6. The molecule has 0 unspecified atom stereocenters. The highest BCUT2D eigenvalue weighted by Crippen LogP contribution is 2.31. The first-order valence-corrected chi connectivity index (χ1v) is 18.6. The van der Waals surface area contributed by atoms with Gasteiger partial charge in [0, 0.05) is 55.8 Å². The van der Waals surface area contributed by atoms with Gasteiger partial charge in [0.05, 0.1) is 25.3 Å². The number of anilines is 3. The molecule has 3 aromatic heterocycles. The summed E-state index contributed by atoms with van der Waals surface area (Å²) < 4.78 is 8.15. The van der Waals surface area contributed by atoms with Crippen molar-refractivity contribution in [1.29, 1.82) is 0 Å². The fraction of sp³-hybridized carbons (Fsp3) is 0.513. The summed E-state index contributed by atoms with van der Waals surface area (Å²) in [6, 6.07) is 14.9. The molecule has 2 aliphatic heterocycles. The first kappa shape index (κ1) is 35.8. The van der Waals surface area contributed by atoms with Gasteiger partial charge in [-0.1, -0.05) is 12.1 Å². The van der Waals surface area contributed by atoms with Crippen LogP contribution in [-0.4, -0.2) is 104 Å². The molecule has 0 bridgehead atoms. The zero-order valence-corrected chi connectivity index (χ0v) is 30.6. The van der Waals surface area contributed by atoms with Crippen molar-refractivity contribution in [2.45, 2.75) is 76.6 Å². The minimum Gasteiger partial charge on any atom is -0.469 e. The molecule has 3 aliphatic rings. The number of aromatic nitrogens is 5. The lowest BCUT2D eigenvalue weighted by atomic mass is 9.84. The van der Waals surface area contributed by atoms with Crippen molar-refractivity contribution in [3.8, 4) is 5.82 Å². The molecule has 13 heteroatoms. The van der Waals surface area contributed by atoms with Crippen molar-refractivity contribution in [2.75, 3.05) is 56.6 Å². The summed E-state index contributed by atoms with van der Waals surface area (Å²) in [6.45, 7) is 13.8. The van der Waals surface area contributed by atoms with Crippen LogP contribution in [0.1, 0.15) is 58.1 Å². The van der Waals surface area contributed by atoms with Gasteiger partial charge in [-0.05, 0) is 102 Å². The Balaban J connectivity index is 0.960. The number of carbonyl (C=O) groups is 1. The number of carbonyl (C=O) groups excluding carboxylic acids is 1. The predicted octanol–water partition coefficient (Wildman–Crippen LogP) is 4.45. The maximum Gasteiger partial charge on any atom is 0.308 e. The average Bonchev–Trinajstić information content (AvgIpc) is 3.44. The monoisotopic (exact) mass is 709 g/mol. The van der Waals surface area contributed by atoms with Crippen LogP contribution in [0, 0.1) is 5.92 Å².